The predicted octanol–water partition coefficient (Wildman–Crippen LogP) is 4.55. The number of carbonyl (C=O) groups is 1. The van der Waals surface area contributed by atoms with Gasteiger partial charge in [0.05, 0.1) is 10.6 Å². The van der Waals surface area contributed by atoms with Crippen LogP contribution in [0.3, 0.4) is 0 Å². The summed E-state index contributed by atoms with van der Waals surface area (Å²) in [6.07, 6.45) is 0.879. The van der Waals surface area contributed by atoms with Crippen molar-refractivity contribution in [1.82, 2.24) is 4.98 Å². The molecule has 0 fully saturated rings. The van der Waals surface area contributed by atoms with Gasteiger partial charge >= 0.3 is 0 Å². The maximum Gasteiger partial charge on any atom is 0.154 e. The summed E-state index contributed by atoms with van der Waals surface area (Å²) in [6, 6.07) is 9.74. The highest BCUT2D eigenvalue weighted by Gasteiger charge is 2.10. The first-order chi connectivity index (χ1) is 8.78. The molecule has 0 bridgehead atoms. The molecule has 0 atom stereocenters. The molecule has 3 rings (SSSR count). The van der Waals surface area contributed by atoms with Gasteiger partial charge in [-0.1, -0.05) is 18.2 Å². The van der Waals surface area contributed by atoms with Crippen LogP contribution in [0.4, 0.5) is 10.8 Å². The Morgan fingerprint density at radius 2 is 2.17 bits per heavy atom. The van der Waals surface area contributed by atoms with Crippen molar-refractivity contribution in [1.29, 1.82) is 0 Å². The van der Waals surface area contributed by atoms with Crippen molar-refractivity contribution in [3.8, 4) is 0 Å². The van der Waals surface area contributed by atoms with Crippen LogP contribution in [0.2, 0.25) is 0 Å². The highest BCUT2D eigenvalue weighted by molar-refractivity contribution is 9.10. The number of halogens is 1. The van der Waals surface area contributed by atoms with Crippen LogP contribution in [0.25, 0.3) is 10.9 Å². The van der Waals surface area contributed by atoms with Crippen molar-refractivity contribution in [2.75, 3.05) is 5.32 Å². The zero-order valence-electron chi connectivity index (χ0n) is 9.24. The number of hydrogen-bond donors (Lipinski definition) is 2. The zero-order valence-corrected chi connectivity index (χ0v) is 11.6. The Morgan fingerprint density at radius 3 is 2.89 bits per heavy atom. The minimum Gasteiger partial charge on any atom is -0.341 e. The van der Waals surface area contributed by atoms with Crippen LogP contribution < -0.4 is 5.32 Å². The Kier molecular flexibility index (Phi) is 2.93. The van der Waals surface area contributed by atoms with E-state index in [1.54, 1.807) is 11.3 Å². The van der Waals surface area contributed by atoms with Gasteiger partial charge in [0.2, 0.25) is 0 Å². The number of rotatable bonds is 3. The van der Waals surface area contributed by atoms with E-state index >= 15 is 0 Å². The first kappa shape index (κ1) is 11.5. The standard InChI is InChI=1S/C13H9BrN2OS/c14-8-5-12(18-7-8)16-13-10(6-17)9-3-1-2-4-11(9)15-13/h1-7,15-16H. The number of hydrogen-bond acceptors (Lipinski definition) is 3. The van der Waals surface area contributed by atoms with Crippen LogP contribution in [-0.4, -0.2) is 11.3 Å². The van der Waals surface area contributed by atoms with Gasteiger partial charge in [-0.3, -0.25) is 4.79 Å². The number of carbonyl (C=O) groups excluding carboxylic acids is 1. The van der Waals surface area contributed by atoms with Gasteiger partial charge in [-0.2, -0.15) is 0 Å². The highest BCUT2D eigenvalue weighted by Crippen LogP contribution is 2.31. The number of benzene rings is 1. The second-order valence-electron chi connectivity index (χ2n) is 3.83. The van der Waals surface area contributed by atoms with E-state index in [-0.39, 0.29) is 0 Å². The van der Waals surface area contributed by atoms with Crippen LogP contribution in [0.5, 0.6) is 0 Å². The van der Waals surface area contributed by atoms with Crippen molar-refractivity contribution >= 4 is 55.3 Å². The first-order valence-corrected chi connectivity index (χ1v) is 7.02. The minimum absolute atomic E-state index is 0.662. The molecule has 0 aliphatic carbocycles. The zero-order chi connectivity index (χ0) is 12.5. The predicted molar refractivity (Wildman–Crippen MR) is 79.0 cm³/mol. The highest BCUT2D eigenvalue weighted by atomic mass is 79.9. The third kappa shape index (κ3) is 1.95. The number of thiophene rings is 1. The minimum atomic E-state index is 0.662. The van der Waals surface area contributed by atoms with Gasteiger partial charge in [0.25, 0.3) is 0 Å². The van der Waals surface area contributed by atoms with Gasteiger partial charge in [-0.15, -0.1) is 11.3 Å². The molecule has 2 N–H and O–H groups in total. The van der Waals surface area contributed by atoms with Crippen LogP contribution in [0, 0.1) is 0 Å². The summed E-state index contributed by atoms with van der Waals surface area (Å²) in [4.78, 5) is 14.5. The Balaban J connectivity index is 2.08. The molecule has 0 aliphatic heterocycles. The fourth-order valence-corrected chi connectivity index (χ4v) is 3.21. The van der Waals surface area contributed by atoms with E-state index in [9.17, 15) is 4.79 Å². The van der Waals surface area contributed by atoms with Crippen molar-refractivity contribution in [2.45, 2.75) is 0 Å². The summed E-state index contributed by atoms with van der Waals surface area (Å²) in [5, 5.41) is 7.15. The first-order valence-electron chi connectivity index (χ1n) is 5.35. The Morgan fingerprint density at radius 1 is 1.33 bits per heavy atom. The van der Waals surface area contributed by atoms with Crippen LogP contribution in [0.15, 0.2) is 40.2 Å². The molecule has 0 radical (unpaired) electrons. The average Bonchev–Trinajstić information content (AvgIpc) is 2.92. The molecular formula is C13H9BrN2OS. The van der Waals surface area contributed by atoms with E-state index in [0.29, 0.717) is 5.56 Å². The maximum absolute atomic E-state index is 11.2. The van der Waals surface area contributed by atoms with E-state index in [1.807, 2.05) is 35.7 Å². The fourth-order valence-electron chi connectivity index (χ4n) is 1.89. The lowest BCUT2D eigenvalue weighted by molar-refractivity contribution is 0.112. The lowest BCUT2D eigenvalue weighted by Crippen LogP contribution is -1.91. The number of aromatic nitrogens is 1. The van der Waals surface area contributed by atoms with Crippen LogP contribution in [0.1, 0.15) is 10.4 Å². The molecule has 3 nitrogen and oxygen atoms in total. The quantitative estimate of drug-likeness (QED) is 0.695. The molecular weight excluding hydrogens is 312 g/mol. The smallest absolute Gasteiger partial charge is 0.154 e. The van der Waals surface area contributed by atoms with E-state index in [1.165, 1.54) is 0 Å². The summed E-state index contributed by atoms with van der Waals surface area (Å²) < 4.78 is 1.03. The summed E-state index contributed by atoms with van der Waals surface area (Å²) in [7, 11) is 0. The van der Waals surface area contributed by atoms with Crippen LogP contribution >= 0.6 is 27.3 Å². The largest absolute Gasteiger partial charge is 0.341 e. The SMILES string of the molecule is O=Cc1c(Nc2cc(Br)cs2)[nH]c2ccccc12. The third-order valence-electron chi connectivity index (χ3n) is 2.68. The van der Waals surface area contributed by atoms with Crippen molar-refractivity contribution in [3.05, 3.63) is 45.7 Å². The summed E-state index contributed by atoms with van der Waals surface area (Å²) in [6.45, 7) is 0. The van der Waals surface area contributed by atoms with Gasteiger partial charge in [-0.25, -0.2) is 0 Å². The number of H-pyrrole nitrogens is 1. The lowest BCUT2D eigenvalue weighted by atomic mass is 10.2. The Labute approximate surface area is 116 Å². The van der Waals surface area contributed by atoms with Gasteiger partial charge in [-0.05, 0) is 28.1 Å². The number of para-hydroxylation sites is 1. The third-order valence-corrected chi connectivity index (χ3v) is 4.29. The number of nitrogens with one attached hydrogen (secondary N) is 2. The number of aldehydes is 1. The second-order valence-corrected chi connectivity index (χ2v) is 5.66. The Bertz CT molecular complexity index is 717. The van der Waals surface area contributed by atoms with E-state index in [0.717, 1.165) is 32.5 Å². The van der Waals surface area contributed by atoms with Crippen molar-refractivity contribution in [3.63, 3.8) is 0 Å². The molecule has 0 unspecified atom stereocenters. The topological polar surface area (TPSA) is 44.9 Å². The Hall–Kier alpha value is -1.59. The fraction of sp³-hybridized carbons (Fsp3) is 0. The number of fused-ring (bicyclic) bond motifs is 1. The molecule has 5 heteroatoms. The van der Waals surface area contributed by atoms with Gasteiger partial charge in [0.15, 0.2) is 6.29 Å². The van der Waals surface area contributed by atoms with Crippen molar-refractivity contribution < 1.29 is 4.79 Å². The molecule has 0 saturated heterocycles. The molecule has 0 amide bonds. The number of aromatic amines is 1. The average molecular weight is 321 g/mol. The molecule has 2 aromatic heterocycles. The van der Waals surface area contributed by atoms with Crippen molar-refractivity contribution in [2.24, 2.45) is 0 Å². The van der Waals surface area contributed by atoms with E-state index in [4.69, 9.17) is 0 Å². The molecule has 2 heterocycles. The second kappa shape index (κ2) is 4.59. The number of anilines is 2. The molecule has 0 spiro atoms. The maximum atomic E-state index is 11.2. The monoisotopic (exact) mass is 320 g/mol. The summed E-state index contributed by atoms with van der Waals surface area (Å²) in [5.41, 5.74) is 1.62. The summed E-state index contributed by atoms with van der Waals surface area (Å²) in [5.74, 6) is 0.737. The molecule has 0 aliphatic rings. The van der Waals surface area contributed by atoms with E-state index < -0.39 is 0 Å². The van der Waals surface area contributed by atoms with Gasteiger partial charge < -0.3 is 10.3 Å². The molecule has 1 aromatic carbocycles. The normalized spacial score (nSPS) is 10.7. The van der Waals surface area contributed by atoms with Crippen LogP contribution in [-0.2, 0) is 0 Å². The van der Waals surface area contributed by atoms with Gasteiger partial charge in [0, 0.05) is 20.8 Å². The molecule has 3 aromatic rings. The van der Waals surface area contributed by atoms with E-state index in [2.05, 4.69) is 26.2 Å². The molecule has 90 valence electrons. The molecule has 0 saturated carbocycles. The lowest BCUT2D eigenvalue weighted by Gasteiger charge is -2.00. The summed E-state index contributed by atoms with van der Waals surface area (Å²) >= 11 is 4.99. The van der Waals surface area contributed by atoms with Gasteiger partial charge in [0.1, 0.15) is 5.82 Å². The molecule has 18 heavy (non-hydrogen) atoms.